The number of hydrogen-bond acceptors (Lipinski definition) is 7. The molecule has 0 aromatic carbocycles. The van der Waals surface area contributed by atoms with Gasteiger partial charge in [-0.3, -0.25) is 4.40 Å². The van der Waals surface area contributed by atoms with Crippen LogP contribution in [0.2, 0.25) is 0 Å². The summed E-state index contributed by atoms with van der Waals surface area (Å²) in [6.45, 7) is 0. The van der Waals surface area contributed by atoms with Crippen molar-refractivity contribution in [2.45, 2.75) is 15.3 Å². The largest absolute Gasteiger partial charge is 0.373 e. The maximum atomic E-state index is 4.48. The molecule has 0 saturated heterocycles. The second-order valence-corrected chi connectivity index (χ2v) is 5.60. The summed E-state index contributed by atoms with van der Waals surface area (Å²) in [5, 5.41) is 13.7. The molecule has 0 saturated carbocycles. The minimum atomic E-state index is 0.730. The van der Waals surface area contributed by atoms with Crippen LogP contribution in [0.1, 0.15) is 0 Å². The lowest BCUT2D eigenvalue weighted by molar-refractivity contribution is 0.879. The molecule has 3 rings (SSSR count). The molecule has 0 aliphatic heterocycles. The zero-order chi connectivity index (χ0) is 13.9. The van der Waals surface area contributed by atoms with Crippen molar-refractivity contribution < 1.29 is 0 Å². The fourth-order valence-electron chi connectivity index (χ4n) is 1.66. The highest BCUT2D eigenvalue weighted by Gasteiger charge is 2.10. The Morgan fingerprint density at radius 2 is 2.10 bits per heavy atom. The van der Waals surface area contributed by atoms with E-state index in [1.807, 2.05) is 48.2 Å². The molecule has 0 unspecified atom stereocenters. The first-order valence-corrected chi connectivity index (χ1v) is 7.92. The van der Waals surface area contributed by atoms with Crippen molar-refractivity contribution in [3.63, 3.8) is 0 Å². The molecule has 1 N–H and O–H groups in total. The Labute approximate surface area is 124 Å². The predicted molar refractivity (Wildman–Crippen MR) is 80.5 cm³/mol. The highest BCUT2D eigenvalue weighted by molar-refractivity contribution is 7.99. The molecular formula is C12H12N6S2. The number of pyridine rings is 1. The van der Waals surface area contributed by atoms with Crippen LogP contribution in [0.4, 0.5) is 5.82 Å². The first kappa shape index (κ1) is 13.2. The Morgan fingerprint density at radius 1 is 1.20 bits per heavy atom. The van der Waals surface area contributed by atoms with E-state index in [1.54, 1.807) is 0 Å². The minimum absolute atomic E-state index is 0.730. The van der Waals surface area contributed by atoms with Crippen molar-refractivity contribution in [1.82, 2.24) is 24.6 Å². The average molecular weight is 304 g/mol. The van der Waals surface area contributed by atoms with E-state index in [0.29, 0.717) is 0 Å². The van der Waals surface area contributed by atoms with Gasteiger partial charge in [-0.05, 0) is 30.2 Å². The van der Waals surface area contributed by atoms with E-state index in [-0.39, 0.29) is 0 Å². The van der Waals surface area contributed by atoms with Crippen LogP contribution in [0.25, 0.3) is 5.65 Å². The van der Waals surface area contributed by atoms with Gasteiger partial charge in [0.15, 0.2) is 10.8 Å². The van der Waals surface area contributed by atoms with Gasteiger partial charge in [0.05, 0.1) is 0 Å². The van der Waals surface area contributed by atoms with Gasteiger partial charge >= 0.3 is 0 Å². The van der Waals surface area contributed by atoms with E-state index in [0.717, 1.165) is 26.8 Å². The summed E-state index contributed by atoms with van der Waals surface area (Å²) in [6, 6.07) is 7.71. The summed E-state index contributed by atoms with van der Waals surface area (Å²) >= 11 is 2.98. The minimum Gasteiger partial charge on any atom is -0.373 e. The first-order valence-electron chi connectivity index (χ1n) is 5.88. The molecule has 3 aromatic heterocycles. The zero-order valence-corrected chi connectivity index (χ0v) is 12.6. The number of thioether (sulfide) groups is 1. The maximum absolute atomic E-state index is 4.48. The molecule has 3 heterocycles. The van der Waals surface area contributed by atoms with Crippen LogP contribution in [0.15, 0.2) is 45.8 Å². The van der Waals surface area contributed by atoms with Crippen LogP contribution in [-0.4, -0.2) is 37.9 Å². The van der Waals surface area contributed by atoms with Crippen molar-refractivity contribution in [1.29, 1.82) is 0 Å². The van der Waals surface area contributed by atoms with Crippen LogP contribution >= 0.6 is 23.5 Å². The van der Waals surface area contributed by atoms with Crippen molar-refractivity contribution >= 4 is 35.0 Å². The van der Waals surface area contributed by atoms with Crippen LogP contribution in [0.3, 0.4) is 0 Å². The van der Waals surface area contributed by atoms with Gasteiger partial charge in [-0.1, -0.05) is 17.8 Å². The van der Waals surface area contributed by atoms with Gasteiger partial charge in [0.1, 0.15) is 10.8 Å². The Bertz CT molecular complexity index is 719. The highest BCUT2D eigenvalue weighted by Crippen LogP contribution is 2.27. The number of hydrogen-bond donors (Lipinski definition) is 1. The van der Waals surface area contributed by atoms with E-state index < -0.39 is 0 Å². The van der Waals surface area contributed by atoms with E-state index >= 15 is 0 Å². The van der Waals surface area contributed by atoms with Crippen molar-refractivity contribution in [2.24, 2.45) is 0 Å². The standard InChI is InChI=1S/C12H12N6S2/c1-13-8-7-10(15-11(14-8)19-2)20-12-17-16-9-5-3-4-6-18(9)12/h3-7H,1-2H3,(H,13,14,15). The van der Waals surface area contributed by atoms with E-state index in [2.05, 4.69) is 25.5 Å². The fraction of sp³-hybridized carbons (Fsp3) is 0.167. The molecule has 0 aliphatic rings. The predicted octanol–water partition coefficient (Wildman–Crippen LogP) is 2.43. The lowest BCUT2D eigenvalue weighted by atomic mass is 10.5. The third kappa shape index (κ3) is 2.56. The molecule has 0 atom stereocenters. The molecule has 20 heavy (non-hydrogen) atoms. The van der Waals surface area contributed by atoms with Gasteiger partial charge in [0, 0.05) is 19.3 Å². The van der Waals surface area contributed by atoms with Gasteiger partial charge < -0.3 is 5.32 Å². The fourth-order valence-corrected chi connectivity index (χ4v) is 2.92. The van der Waals surface area contributed by atoms with Crippen molar-refractivity contribution in [3.05, 3.63) is 30.5 Å². The van der Waals surface area contributed by atoms with Crippen molar-refractivity contribution in [3.8, 4) is 0 Å². The van der Waals surface area contributed by atoms with E-state index in [4.69, 9.17) is 0 Å². The number of aromatic nitrogens is 5. The quantitative estimate of drug-likeness (QED) is 0.451. The van der Waals surface area contributed by atoms with Crippen LogP contribution in [0.5, 0.6) is 0 Å². The smallest absolute Gasteiger partial charge is 0.201 e. The molecular weight excluding hydrogens is 292 g/mol. The summed E-state index contributed by atoms with van der Waals surface area (Å²) in [4.78, 5) is 8.82. The molecule has 0 bridgehead atoms. The lowest BCUT2D eigenvalue weighted by Gasteiger charge is -2.05. The van der Waals surface area contributed by atoms with Crippen molar-refractivity contribution in [2.75, 3.05) is 18.6 Å². The number of rotatable bonds is 4. The summed E-state index contributed by atoms with van der Waals surface area (Å²) in [5.41, 5.74) is 0.822. The molecule has 0 aliphatic carbocycles. The monoisotopic (exact) mass is 304 g/mol. The van der Waals surface area contributed by atoms with E-state index in [9.17, 15) is 0 Å². The number of nitrogens with zero attached hydrogens (tertiary/aromatic N) is 5. The molecule has 0 fully saturated rings. The molecule has 102 valence electrons. The number of anilines is 1. The van der Waals surface area contributed by atoms with Gasteiger partial charge in [0.25, 0.3) is 0 Å². The topological polar surface area (TPSA) is 68.0 Å². The highest BCUT2D eigenvalue weighted by atomic mass is 32.2. The Balaban J connectivity index is 1.98. The Hall–Kier alpha value is -1.80. The Morgan fingerprint density at radius 3 is 2.90 bits per heavy atom. The summed E-state index contributed by atoms with van der Waals surface area (Å²) < 4.78 is 1.94. The SMILES string of the molecule is CNc1cc(Sc2nnc3ccccn23)nc(SC)n1. The number of fused-ring (bicyclic) bond motifs is 1. The zero-order valence-electron chi connectivity index (χ0n) is 10.9. The lowest BCUT2D eigenvalue weighted by Crippen LogP contribution is -1.97. The third-order valence-corrected chi connectivity index (χ3v) is 4.03. The van der Waals surface area contributed by atoms with E-state index in [1.165, 1.54) is 23.5 Å². The van der Waals surface area contributed by atoms with Gasteiger partial charge in [-0.15, -0.1) is 10.2 Å². The molecule has 0 spiro atoms. The third-order valence-electron chi connectivity index (χ3n) is 2.60. The average Bonchev–Trinajstić information content (AvgIpc) is 2.90. The summed E-state index contributed by atoms with van der Waals surface area (Å²) in [7, 11) is 1.84. The summed E-state index contributed by atoms with van der Waals surface area (Å²) in [6.07, 6.45) is 3.89. The van der Waals surface area contributed by atoms with Gasteiger partial charge in [0.2, 0.25) is 5.16 Å². The summed E-state index contributed by atoms with van der Waals surface area (Å²) in [5.74, 6) is 0.792. The van der Waals surface area contributed by atoms with Crippen LogP contribution in [-0.2, 0) is 0 Å². The molecule has 6 nitrogen and oxygen atoms in total. The van der Waals surface area contributed by atoms with Gasteiger partial charge in [-0.2, -0.15) is 0 Å². The number of nitrogens with one attached hydrogen (secondary N) is 1. The first-order chi connectivity index (χ1) is 9.80. The van der Waals surface area contributed by atoms with Crippen LogP contribution < -0.4 is 5.32 Å². The molecule has 0 radical (unpaired) electrons. The second kappa shape index (κ2) is 5.68. The normalized spacial score (nSPS) is 10.9. The second-order valence-electron chi connectivity index (χ2n) is 3.84. The van der Waals surface area contributed by atoms with Gasteiger partial charge in [-0.25, -0.2) is 9.97 Å². The molecule has 0 amide bonds. The molecule has 3 aromatic rings. The Kier molecular flexibility index (Phi) is 3.75. The maximum Gasteiger partial charge on any atom is 0.201 e. The molecule has 8 heteroatoms. The van der Waals surface area contributed by atoms with Crippen LogP contribution in [0, 0.1) is 0 Å².